The fourth-order valence-corrected chi connectivity index (χ4v) is 2.18. The average molecular weight is 359 g/mol. The Hall–Kier alpha value is -3.29. The largest absolute Gasteiger partial charge is 0.493 e. The van der Waals surface area contributed by atoms with Crippen LogP contribution in [0.15, 0.2) is 36.4 Å². The summed E-state index contributed by atoms with van der Waals surface area (Å²) in [6.45, 7) is 2.71. The molecular formula is C18H21N3O5. The predicted octanol–water partition coefficient (Wildman–Crippen LogP) is 1.92. The van der Waals surface area contributed by atoms with Crippen LogP contribution in [0.4, 0.5) is 5.82 Å². The average Bonchev–Trinajstić information content (AvgIpc) is 2.65. The number of hydrogen-bond acceptors (Lipinski definition) is 6. The van der Waals surface area contributed by atoms with Crippen LogP contribution < -0.4 is 20.1 Å². The Morgan fingerprint density at radius 1 is 1.19 bits per heavy atom. The second-order valence-electron chi connectivity index (χ2n) is 5.29. The minimum atomic E-state index is -1.08. The number of aromatic carboxylic acids is 1. The molecule has 0 aliphatic rings. The molecule has 1 amide bonds. The highest BCUT2D eigenvalue weighted by atomic mass is 16.5. The van der Waals surface area contributed by atoms with Gasteiger partial charge in [-0.3, -0.25) is 4.79 Å². The van der Waals surface area contributed by atoms with Crippen LogP contribution in [0.5, 0.6) is 11.5 Å². The van der Waals surface area contributed by atoms with E-state index in [0.717, 1.165) is 5.56 Å². The topological polar surface area (TPSA) is 110 Å². The van der Waals surface area contributed by atoms with Crippen molar-refractivity contribution in [3.8, 4) is 11.5 Å². The van der Waals surface area contributed by atoms with Gasteiger partial charge in [-0.2, -0.15) is 0 Å². The van der Waals surface area contributed by atoms with Crippen LogP contribution in [0, 0.1) is 0 Å². The standard InChI is InChI=1S/C18H21N3O5/c1-3-19-17(22)11-26-14-8-7-12(9-15(14)25-2)10-20-16-6-4-5-13(21-16)18(23)24/h4-9H,3,10-11H2,1-2H3,(H,19,22)(H,20,21)(H,23,24). The number of pyridine rings is 1. The number of nitrogens with one attached hydrogen (secondary N) is 2. The lowest BCUT2D eigenvalue weighted by Gasteiger charge is -2.13. The molecule has 0 saturated carbocycles. The van der Waals surface area contributed by atoms with Gasteiger partial charge in [0.1, 0.15) is 5.82 Å². The third kappa shape index (κ3) is 5.37. The van der Waals surface area contributed by atoms with Gasteiger partial charge in [-0.25, -0.2) is 9.78 Å². The zero-order chi connectivity index (χ0) is 18.9. The summed E-state index contributed by atoms with van der Waals surface area (Å²) < 4.78 is 10.8. The first kappa shape index (κ1) is 19.0. The summed E-state index contributed by atoms with van der Waals surface area (Å²) in [5.41, 5.74) is 0.858. The molecule has 3 N–H and O–H groups in total. The molecule has 0 aliphatic carbocycles. The normalized spacial score (nSPS) is 10.1. The summed E-state index contributed by atoms with van der Waals surface area (Å²) in [6, 6.07) is 10.1. The maximum Gasteiger partial charge on any atom is 0.354 e. The summed E-state index contributed by atoms with van der Waals surface area (Å²) in [7, 11) is 1.52. The van der Waals surface area contributed by atoms with Gasteiger partial charge in [-0.1, -0.05) is 12.1 Å². The summed E-state index contributed by atoms with van der Waals surface area (Å²) in [4.78, 5) is 26.4. The molecule has 1 aromatic heterocycles. The number of hydrogen-bond donors (Lipinski definition) is 3. The first-order valence-corrected chi connectivity index (χ1v) is 8.04. The van der Waals surface area contributed by atoms with E-state index < -0.39 is 5.97 Å². The minimum Gasteiger partial charge on any atom is -0.493 e. The van der Waals surface area contributed by atoms with Crippen LogP contribution in [0.1, 0.15) is 23.0 Å². The number of carbonyl (C=O) groups excluding carboxylic acids is 1. The Morgan fingerprint density at radius 3 is 2.69 bits per heavy atom. The molecule has 1 aromatic carbocycles. The number of nitrogens with zero attached hydrogens (tertiary/aromatic N) is 1. The number of ether oxygens (including phenoxy) is 2. The van der Waals surface area contributed by atoms with Gasteiger partial charge in [0.25, 0.3) is 5.91 Å². The van der Waals surface area contributed by atoms with Gasteiger partial charge in [0.05, 0.1) is 7.11 Å². The third-order valence-electron chi connectivity index (χ3n) is 3.40. The second kappa shape index (κ2) is 9.26. The molecule has 0 aliphatic heterocycles. The molecule has 0 bridgehead atoms. The summed E-state index contributed by atoms with van der Waals surface area (Å²) in [6.07, 6.45) is 0. The first-order chi connectivity index (χ1) is 12.5. The number of carboxylic acid groups (broad SMARTS) is 1. The van der Waals surface area contributed by atoms with Crippen molar-refractivity contribution in [3.05, 3.63) is 47.7 Å². The van der Waals surface area contributed by atoms with Crippen LogP contribution in [0.25, 0.3) is 0 Å². The third-order valence-corrected chi connectivity index (χ3v) is 3.40. The fourth-order valence-electron chi connectivity index (χ4n) is 2.18. The smallest absolute Gasteiger partial charge is 0.354 e. The zero-order valence-electron chi connectivity index (χ0n) is 14.6. The summed E-state index contributed by atoms with van der Waals surface area (Å²) in [5.74, 6) is 0.142. The van der Waals surface area contributed by atoms with E-state index in [1.807, 2.05) is 13.0 Å². The van der Waals surface area contributed by atoms with E-state index in [9.17, 15) is 9.59 Å². The van der Waals surface area contributed by atoms with E-state index in [1.54, 1.807) is 24.3 Å². The molecular weight excluding hydrogens is 338 g/mol. The molecule has 0 atom stereocenters. The van der Waals surface area contributed by atoms with Crippen molar-refractivity contribution in [1.29, 1.82) is 0 Å². The van der Waals surface area contributed by atoms with Crippen molar-refractivity contribution in [2.45, 2.75) is 13.5 Å². The molecule has 2 rings (SSSR count). The van der Waals surface area contributed by atoms with Crippen molar-refractivity contribution < 1.29 is 24.2 Å². The molecule has 0 radical (unpaired) electrons. The molecule has 0 fully saturated rings. The van der Waals surface area contributed by atoms with Gasteiger partial charge < -0.3 is 25.2 Å². The fraction of sp³-hybridized carbons (Fsp3) is 0.278. The molecule has 138 valence electrons. The number of amides is 1. The molecule has 0 spiro atoms. The van der Waals surface area contributed by atoms with E-state index in [2.05, 4.69) is 15.6 Å². The van der Waals surface area contributed by atoms with Gasteiger partial charge in [0.2, 0.25) is 0 Å². The number of anilines is 1. The lowest BCUT2D eigenvalue weighted by Crippen LogP contribution is -2.28. The van der Waals surface area contributed by atoms with Gasteiger partial charge >= 0.3 is 5.97 Å². The highest BCUT2D eigenvalue weighted by molar-refractivity contribution is 5.85. The van der Waals surface area contributed by atoms with Crippen molar-refractivity contribution in [1.82, 2.24) is 10.3 Å². The van der Waals surface area contributed by atoms with Gasteiger partial charge in [0.15, 0.2) is 23.8 Å². The number of carbonyl (C=O) groups is 2. The maximum absolute atomic E-state index is 11.5. The van der Waals surface area contributed by atoms with Crippen molar-refractivity contribution in [3.63, 3.8) is 0 Å². The number of methoxy groups -OCH3 is 1. The van der Waals surface area contributed by atoms with Crippen LogP contribution >= 0.6 is 0 Å². The van der Waals surface area contributed by atoms with Gasteiger partial charge in [0, 0.05) is 13.1 Å². The molecule has 8 nitrogen and oxygen atoms in total. The molecule has 2 aromatic rings. The summed E-state index contributed by atoms with van der Waals surface area (Å²) >= 11 is 0. The number of likely N-dealkylation sites (N-methyl/N-ethyl adjacent to an activating group) is 1. The molecule has 0 unspecified atom stereocenters. The quantitative estimate of drug-likeness (QED) is 0.627. The van der Waals surface area contributed by atoms with E-state index in [0.29, 0.717) is 30.4 Å². The minimum absolute atomic E-state index is 0.0262. The SMILES string of the molecule is CCNC(=O)COc1ccc(CNc2cccc(C(=O)O)n2)cc1OC. The van der Waals surface area contributed by atoms with Gasteiger partial charge in [-0.15, -0.1) is 0 Å². The lowest BCUT2D eigenvalue weighted by molar-refractivity contribution is -0.123. The van der Waals surface area contributed by atoms with E-state index in [1.165, 1.54) is 13.2 Å². The number of rotatable bonds is 9. The lowest BCUT2D eigenvalue weighted by atomic mass is 10.2. The Balaban J connectivity index is 2.01. The Morgan fingerprint density at radius 2 is 2.00 bits per heavy atom. The predicted molar refractivity (Wildman–Crippen MR) is 95.7 cm³/mol. The van der Waals surface area contributed by atoms with E-state index in [-0.39, 0.29) is 18.2 Å². The van der Waals surface area contributed by atoms with Gasteiger partial charge in [-0.05, 0) is 36.8 Å². The van der Waals surface area contributed by atoms with E-state index in [4.69, 9.17) is 14.6 Å². The Kier molecular flexibility index (Phi) is 6.78. The van der Waals surface area contributed by atoms with Crippen molar-refractivity contribution in [2.75, 3.05) is 25.6 Å². The number of carboxylic acids is 1. The molecule has 8 heteroatoms. The van der Waals surface area contributed by atoms with Crippen LogP contribution in [0.3, 0.4) is 0 Å². The number of aromatic nitrogens is 1. The maximum atomic E-state index is 11.5. The van der Waals surface area contributed by atoms with Crippen LogP contribution in [0.2, 0.25) is 0 Å². The van der Waals surface area contributed by atoms with E-state index >= 15 is 0 Å². The number of benzene rings is 1. The molecule has 26 heavy (non-hydrogen) atoms. The Bertz CT molecular complexity index is 779. The Labute approximate surface area is 151 Å². The highest BCUT2D eigenvalue weighted by Crippen LogP contribution is 2.28. The second-order valence-corrected chi connectivity index (χ2v) is 5.29. The van der Waals surface area contributed by atoms with Crippen LogP contribution in [-0.4, -0.2) is 42.2 Å². The molecule has 1 heterocycles. The monoisotopic (exact) mass is 359 g/mol. The van der Waals surface area contributed by atoms with Crippen molar-refractivity contribution in [2.24, 2.45) is 0 Å². The highest BCUT2D eigenvalue weighted by Gasteiger charge is 2.09. The van der Waals surface area contributed by atoms with Crippen molar-refractivity contribution >= 4 is 17.7 Å². The molecule has 0 saturated heterocycles. The first-order valence-electron chi connectivity index (χ1n) is 8.04. The zero-order valence-corrected chi connectivity index (χ0v) is 14.6. The summed E-state index contributed by atoms with van der Waals surface area (Å²) in [5, 5.41) is 14.7. The van der Waals surface area contributed by atoms with Crippen LogP contribution in [-0.2, 0) is 11.3 Å².